The summed E-state index contributed by atoms with van der Waals surface area (Å²) in [6.45, 7) is 3.90. The molecule has 0 saturated heterocycles. The lowest BCUT2D eigenvalue weighted by molar-refractivity contribution is 0.479. The van der Waals surface area contributed by atoms with Gasteiger partial charge in [-0.1, -0.05) is 17.7 Å². The van der Waals surface area contributed by atoms with Gasteiger partial charge in [0.2, 0.25) is 0 Å². The number of ether oxygens (including phenoxy) is 1. The molecule has 0 amide bonds. The fraction of sp³-hybridized carbons (Fsp3) is 0.200. The van der Waals surface area contributed by atoms with Crippen LogP contribution in [0.4, 0.5) is 0 Å². The first-order valence-electron chi connectivity index (χ1n) is 5.96. The van der Waals surface area contributed by atoms with Crippen molar-refractivity contribution in [2.75, 3.05) is 0 Å². The molecule has 0 aliphatic heterocycles. The van der Waals surface area contributed by atoms with Crippen molar-refractivity contribution in [1.82, 2.24) is 0 Å². The standard InChI is InChI=1S/C15H15BrClNO/c1-9-7-12(4-5-14(9)17)19-15-6-3-11(10(2)18)8-13(15)16/h3-8,10H,18H2,1-2H3. The highest BCUT2D eigenvalue weighted by atomic mass is 79.9. The Bertz CT molecular complexity index is 599. The number of nitrogens with two attached hydrogens (primary N) is 1. The van der Waals surface area contributed by atoms with Crippen molar-refractivity contribution >= 4 is 27.5 Å². The summed E-state index contributed by atoms with van der Waals surface area (Å²) < 4.78 is 6.72. The molecule has 0 spiro atoms. The summed E-state index contributed by atoms with van der Waals surface area (Å²) in [5.74, 6) is 1.52. The van der Waals surface area contributed by atoms with E-state index in [0.29, 0.717) is 0 Å². The van der Waals surface area contributed by atoms with Gasteiger partial charge in [0.1, 0.15) is 11.5 Å². The number of rotatable bonds is 3. The Morgan fingerprint density at radius 2 is 1.95 bits per heavy atom. The Kier molecular flexibility index (Phi) is 4.50. The number of aryl methyl sites for hydroxylation is 1. The predicted octanol–water partition coefficient (Wildman–Crippen LogP) is 5.22. The van der Waals surface area contributed by atoms with Gasteiger partial charge in [-0.05, 0) is 71.2 Å². The highest BCUT2D eigenvalue weighted by molar-refractivity contribution is 9.10. The van der Waals surface area contributed by atoms with E-state index in [1.165, 1.54) is 0 Å². The highest BCUT2D eigenvalue weighted by Gasteiger charge is 2.07. The lowest BCUT2D eigenvalue weighted by Gasteiger charge is -2.12. The van der Waals surface area contributed by atoms with Crippen LogP contribution >= 0.6 is 27.5 Å². The fourth-order valence-corrected chi connectivity index (χ4v) is 2.29. The Balaban J connectivity index is 2.25. The number of benzene rings is 2. The Labute approximate surface area is 126 Å². The quantitative estimate of drug-likeness (QED) is 0.831. The molecule has 0 bridgehead atoms. The van der Waals surface area contributed by atoms with Gasteiger partial charge in [-0.3, -0.25) is 0 Å². The smallest absolute Gasteiger partial charge is 0.141 e. The van der Waals surface area contributed by atoms with Crippen LogP contribution in [0.25, 0.3) is 0 Å². The van der Waals surface area contributed by atoms with Crippen molar-refractivity contribution < 1.29 is 4.74 Å². The van der Waals surface area contributed by atoms with E-state index in [2.05, 4.69) is 15.9 Å². The maximum Gasteiger partial charge on any atom is 0.141 e. The van der Waals surface area contributed by atoms with Crippen molar-refractivity contribution in [1.29, 1.82) is 0 Å². The van der Waals surface area contributed by atoms with E-state index in [1.807, 2.05) is 50.2 Å². The molecule has 0 radical (unpaired) electrons. The molecule has 0 heterocycles. The first-order valence-corrected chi connectivity index (χ1v) is 7.13. The molecular formula is C15H15BrClNO. The molecule has 2 rings (SSSR count). The molecule has 0 aromatic heterocycles. The van der Waals surface area contributed by atoms with E-state index in [0.717, 1.165) is 32.1 Å². The molecule has 100 valence electrons. The van der Waals surface area contributed by atoms with E-state index in [9.17, 15) is 0 Å². The zero-order chi connectivity index (χ0) is 14.0. The molecule has 2 N–H and O–H groups in total. The van der Waals surface area contributed by atoms with Crippen LogP contribution in [0, 0.1) is 6.92 Å². The first-order chi connectivity index (χ1) is 8.97. The molecule has 0 fully saturated rings. The molecular weight excluding hydrogens is 326 g/mol. The zero-order valence-electron chi connectivity index (χ0n) is 10.8. The van der Waals surface area contributed by atoms with Crippen LogP contribution in [-0.4, -0.2) is 0 Å². The maximum atomic E-state index is 5.99. The topological polar surface area (TPSA) is 35.2 Å². The van der Waals surface area contributed by atoms with Crippen molar-refractivity contribution in [3.63, 3.8) is 0 Å². The number of hydrogen-bond acceptors (Lipinski definition) is 2. The monoisotopic (exact) mass is 339 g/mol. The minimum absolute atomic E-state index is 0.00289. The summed E-state index contributed by atoms with van der Waals surface area (Å²) in [5.41, 5.74) is 7.90. The lowest BCUT2D eigenvalue weighted by atomic mass is 10.1. The van der Waals surface area contributed by atoms with Gasteiger partial charge in [0, 0.05) is 11.1 Å². The van der Waals surface area contributed by atoms with Crippen molar-refractivity contribution in [3.8, 4) is 11.5 Å². The van der Waals surface area contributed by atoms with Crippen LogP contribution in [0.15, 0.2) is 40.9 Å². The summed E-state index contributed by atoms with van der Waals surface area (Å²) >= 11 is 9.49. The van der Waals surface area contributed by atoms with E-state index in [1.54, 1.807) is 0 Å². The van der Waals surface area contributed by atoms with Gasteiger partial charge in [0.15, 0.2) is 0 Å². The predicted molar refractivity (Wildman–Crippen MR) is 83.0 cm³/mol. The third-order valence-corrected chi connectivity index (χ3v) is 3.88. The molecule has 19 heavy (non-hydrogen) atoms. The van der Waals surface area contributed by atoms with E-state index in [-0.39, 0.29) is 6.04 Å². The van der Waals surface area contributed by atoms with Crippen LogP contribution in [0.3, 0.4) is 0 Å². The summed E-state index contributed by atoms with van der Waals surface area (Å²) in [4.78, 5) is 0. The van der Waals surface area contributed by atoms with E-state index < -0.39 is 0 Å². The normalized spacial score (nSPS) is 12.3. The van der Waals surface area contributed by atoms with Gasteiger partial charge in [0.25, 0.3) is 0 Å². The minimum Gasteiger partial charge on any atom is -0.456 e. The molecule has 2 aromatic rings. The van der Waals surface area contributed by atoms with Gasteiger partial charge in [-0.2, -0.15) is 0 Å². The zero-order valence-corrected chi connectivity index (χ0v) is 13.1. The van der Waals surface area contributed by atoms with Crippen molar-refractivity contribution in [2.45, 2.75) is 19.9 Å². The van der Waals surface area contributed by atoms with Crippen molar-refractivity contribution in [3.05, 3.63) is 57.0 Å². The van der Waals surface area contributed by atoms with Gasteiger partial charge >= 0.3 is 0 Å². The number of halogens is 2. The molecule has 1 unspecified atom stereocenters. The molecule has 2 nitrogen and oxygen atoms in total. The van der Waals surface area contributed by atoms with E-state index in [4.69, 9.17) is 22.1 Å². The SMILES string of the molecule is Cc1cc(Oc2ccc(C(C)N)cc2Br)ccc1Cl. The third kappa shape index (κ3) is 3.50. The van der Waals surface area contributed by atoms with Gasteiger partial charge in [0.05, 0.1) is 4.47 Å². The van der Waals surface area contributed by atoms with Crippen LogP contribution in [0.2, 0.25) is 5.02 Å². The Morgan fingerprint density at radius 1 is 1.21 bits per heavy atom. The molecule has 4 heteroatoms. The Morgan fingerprint density at radius 3 is 2.53 bits per heavy atom. The second-order valence-corrected chi connectivity index (χ2v) is 5.75. The van der Waals surface area contributed by atoms with Gasteiger partial charge < -0.3 is 10.5 Å². The average Bonchev–Trinajstić information content (AvgIpc) is 2.36. The molecule has 1 atom stereocenters. The Hall–Kier alpha value is -1.03. The third-order valence-electron chi connectivity index (χ3n) is 2.84. The second kappa shape index (κ2) is 5.95. The largest absolute Gasteiger partial charge is 0.456 e. The highest BCUT2D eigenvalue weighted by Crippen LogP contribution is 2.32. The number of hydrogen-bond donors (Lipinski definition) is 1. The lowest BCUT2D eigenvalue weighted by Crippen LogP contribution is -2.04. The maximum absolute atomic E-state index is 5.99. The molecule has 0 aliphatic rings. The minimum atomic E-state index is 0.00289. The first kappa shape index (κ1) is 14.4. The van der Waals surface area contributed by atoms with Gasteiger partial charge in [-0.25, -0.2) is 0 Å². The van der Waals surface area contributed by atoms with Crippen LogP contribution in [0.1, 0.15) is 24.1 Å². The molecule has 0 saturated carbocycles. The molecule has 2 aromatic carbocycles. The summed E-state index contributed by atoms with van der Waals surface area (Å²) in [5, 5.41) is 0.735. The van der Waals surface area contributed by atoms with Crippen LogP contribution < -0.4 is 10.5 Å². The second-order valence-electron chi connectivity index (χ2n) is 4.49. The van der Waals surface area contributed by atoms with Crippen LogP contribution in [-0.2, 0) is 0 Å². The summed E-state index contributed by atoms with van der Waals surface area (Å²) in [6.07, 6.45) is 0. The van der Waals surface area contributed by atoms with E-state index >= 15 is 0 Å². The average molecular weight is 341 g/mol. The summed E-state index contributed by atoms with van der Waals surface area (Å²) in [6, 6.07) is 11.4. The summed E-state index contributed by atoms with van der Waals surface area (Å²) in [7, 11) is 0. The molecule has 0 aliphatic carbocycles. The van der Waals surface area contributed by atoms with Gasteiger partial charge in [-0.15, -0.1) is 0 Å². The van der Waals surface area contributed by atoms with Crippen molar-refractivity contribution in [2.24, 2.45) is 5.73 Å². The fourth-order valence-electron chi connectivity index (χ4n) is 1.69. The van der Waals surface area contributed by atoms with Crippen LogP contribution in [0.5, 0.6) is 11.5 Å².